The van der Waals surface area contributed by atoms with Crippen molar-refractivity contribution in [3.05, 3.63) is 35.1 Å². The van der Waals surface area contributed by atoms with Gasteiger partial charge >= 0.3 is 6.18 Å². The minimum absolute atomic E-state index is 0.121. The van der Waals surface area contributed by atoms with Crippen LogP contribution in [0.2, 0.25) is 0 Å². The van der Waals surface area contributed by atoms with Crippen molar-refractivity contribution >= 4 is 5.91 Å². The van der Waals surface area contributed by atoms with Gasteiger partial charge in [0.2, 0.25) is 5.91 Å². The molecule has 19 heavy (non-hydrogen) atoms. The quantitative estimate of drug-likeness (QED) is 0.655. The first-order valence-electron chi connectivity index (χ1n) is 4.85. The van der Waals surface area contributed by atoms with Crippen molar-refractivity contribution in [3.8, 4) is 0 Å². The maximum Gasteiger partial charge on any atom is 0.401 e. The summed E-state index contributed by atoms with van der Waals surface area (Å²) in [5.74, 6) is -5.76. The van der Waals surface area contributed by atoms with E-state index in [4.69, 9.17) is 5.73 Å². The highest BCUT2D eigenvalue weighted by Crippen LogP contribution is 2.22. The molecule has 1 aromatic rings. The molecule has 3 N–H and O–H groups in total. The highest BCUT2D eigenvalue weighted by atomic mass is 19.4. The van der Waals surface area contributed by atoms with Crippen molar-refractivity contribution < 1.29 is 31.1 Å². The second-order valence-electron chi connectivity index (χ2n) is 3.62. The van der Waals surface area contributed by atoms with Crippen molar-refractivity contribution in [3.63, 3.8) is 0 Å². The Bertz CT molecular complexity index is 488. The van der Waals surface area contributed by atoms with Gasteiger partial charge in [0.1, 0.15) is 11.9 Å². The van der Waals surface area contributed by atoms with Gasteiger partial charge in [0, 0.05) is 11.6 Å². The molecule has 0 aliphatic carbocycles. The lowest BCUT2D eigenvalue weighted by Crippen LogP contribution is -2.39. The number of nitrogens with one attached hydrogen (secondary N) is 1. The summed E-state index contributed by atoms with van der Waals surface area (Å²) in [5, 5.41) is 1.63. The third-order valence-electron chi connectivity index (χ3n) is 2.14. The number of carbonyl (C=O) groups is 1. The van der Waals surface area contributed by atoms with Crippen LogP contribution in [0.1, 0.15) is 11.6 Å². The van der Waals surface area contributed by atoms with Crippen LogP contribution in [0.4, 0.5) is 26.3 Å². The number of alkyl halides is 3. The third kappa shape index (κ3) is 4.12. The number of primary amides is 1. The Morgan fingerprint density at radius 1 is 1.16 bits per heavy atom. The molecule has 0 spiro atoms. The lowest BCUT2D eigenvalue weighted by molar-refractivity contribution is -0.131. The van der Waals surface area contributed by atoms with Crippen LogP contribution in [0.5, 0.6) is 0 Å². The van der Waals surface area contributed by atoms with E-state index in [0.717, 1.165) is 0 Å². The van der Waals surface area contributed by atoms with E-state index < -0.39 is 47.7 Å². The van der Waals surface area contributed by atoms with Crippen molar-refractivity contribution in [1.29, 1.82) is 0 Å². The molecule has 0 fully saturated rings. The summed E-state index contributed by atoms with van der Waals surface area (Å²) in [7, 11) is 0. The Morgan fingerprint density at radius 2 is 1.68 bits per heavy atom. The Hall–Kier alpha value is -1.77. The number of hydrogen-bond donors (Lipinski definition) is 2. The molecule has 1 atom stereocenters. The van der Waals surface area contributed by atoms with E-state index in [1.165, 1.54) is 0 Å². The van der Waals surface area contributed by atoms with Crippen LogP contribution in [0, 0.1) is 17.5 Å². The van der Waals surface area contributed by atoms with Gasteiger partial charge in [-0.1, -0.05) is 0 Å². The molecule has 3 nitrogen and oxygen atoms in total. The Balaban J connectivity index is 3.06. The molecule has 106 valence electrons. The van der Waals surface area contributed by atoms with Crippen LogP contribution in [-0.4, -0.2) is 18.6 Å². The van der Waals surface area contributed by atoms with E-state index in [1.807, 2.05) is 0 Å². The molecule has 1 rings (SSSR count). The van der Waals surface area contributed by atoms with Crippen molar-refractivity contribution in [2.45, 2.75) is 12.2 Å². The summed E-state index contributed by atoms with van der Waals surface area (Å²) in [6.45, 7) is -1.64. The van der Waals surface area contributed by atoms with E-state index in [2.05, 4.69) is 0 Å². The largest absolute Gasteiger partial charge is 0.401 e. The number of benzene rings is 1. The topological polar surface area (TPSA) is 55.1 Å². The molecule has 0 heterocycles. The average molecular weight is 286 g/mol. The van der Waals surface area contributed by atoms with Crippen LogP contribution in [-0.2, 0) is 4.79 Å². The molecule has 0 bridgehead atoms. The molecule has 0 aliphatic heterocycles. The van der Waals surface area contributed by atoms with Crippen molar-refractivity contribution in [2.75, 3.05) is 6.54 Å². The van der Waals surface area contributed by atoms with Crippen LogP contribution in [0.3, 0.4) is 0 Å². The Labute approximate surface area is 103 Å². The summed E-state index contributed by atoms with van der Waals surface area (Å²) < 4.78 is 74.9. The predicted octanol–water partition coefficient (Wildman–Crippen LogP) is 1.78. The van der Waals surface area contributed by atoms with Gasteiger partial charge in [0.25, 0.3) is 0 Å². The van der Waals surface area contributed by atoms with Gasteiger partial charge in [0.15, 0.2) is 11.6 Å². The molecular weight excluding hydrogens is 278 g/mol. The van der Waals surface area contributed by atoms with Gasteiger partial charge in [-0.05, 0) is 6.07 Å². The van der Waals surface area contributed by atoms with Gasteiger partial charge in [-0.15, -0.1) is 0 Å². The maximum atomic E-state index is 13.3. The monoisotopic (exact) mass is 286 g/mol. The molecule has 0 saturated heterocycles. The summed E-state index contributed by atoms with van der Waals surface area (Å²) in [4.78, 5) is 11.0. The normalized spacial score (nSPS) is 13.4. The summed E-state index contributed by atoms with van der Waals surface area (Å²) in [6.07, 6.45) is -4.68. The van der Waals surface area contributed by atoms with Crippen molar-refractivity contribution in [2.24, 2.45) is 5.73 Å². The number of amides is 1. The van der Waals surface area contributed by atoms with E-state index in [9.17, 15) is 31.1 Å². The first-order chi connectivity index (χ1) is 8.61. The lowest BCUT2D eigenvalue weighted by Gasteiger charge is -2.17. The standard InChI is InChI=1S/C10H8F6N2O/c11-5-2-7(13)6(12)1-4(5)8(9(17)19)18-3-10(14,15)16/h1-2,8,18H,3H2,(H2,17,19). The van der Waals surface area contributed by atoms with Gasteiger partial charge in [-0.2, -0.15) is 13.2 Å². The molecule has 0 saturated carbocycles. The molecule has 0 aromatic heterocycles. The summed E-state index contributed by atoms with van der Waals surface area (Å²) in [6, 6.07) is -1.52. The Morgan fingerprint density at radius 3 is 2.16 bits per heavy atom. The van der Waals surface area contributed by atoms with Crippen LogP contribution in [0.15, 0.2) is 12.1 Å². The van der Waals surface area contributed by atoms with E-state index in [0.29, 0.717) is 0 Å². The zero-order valence-electron chi connectivity index (χ0n) is 9.19. The first-order valence-corrected chi connectivity index (χ1v) is 4.85. The molecule has 0 aliphatic rings. The van der Waals surface area contributed by atoms with Gasteiger partial charge in [-0.3, -0.25) is 10.1 Å². The third-order valence-corrected chi connectivity index (χ3v) is 2.14. The summed E-state index contributed by atoms with van der Waals surface area (Å²) >= 11 is 0. The van der Waals surface area contributed by atoms with Gasteiger partial charge in [-0.25, -0.2) is 13.2 Å². The minimum atomic E-state index is -4.68. The van der Waals surface area contributed by atoms with Crippen LogP contribution < -0.4 is 11.1 Å². The second-order valence-corrected chi connectivity index (χ2v) is 3.62. The zero-order valence-corrected chi connectivity index (χ0v) is 9.19. The van der Waals surface area contributed by atoms with Gasteiger partial charge in [0.05, 0.1) is 6.54 Å². The number of rotatable bonds is 4. The van der Waals surface area contributed by atoms with E-state index >= 15 is 0 Å². The smallest absolute Gasteiger partial charge is 0.368 e. The number of nitrogens with two attached hydrogens (primary N) is 1. The predicted molar refractivity (Wildman–Crippen MR) is 52.3 cm³/mol. The fourth-order valence-electron chi connectivity index (χ4n) is 1.34. The average Bonchev–Trinajstić information content (AvgIpc) is 2.23. The second kappa shape index (κ2) is 5.47. The number of carbonyl (C=O) groups excluding carboxylic acids is 1. The first kappa shape index (κ1) is 15.3. The molecule has 9 heteroatoms. The number of hydrogen-bond acceptors (Lipinski definition) is 2. The highest BCUT2D eigenvalue weighted by molar-refractivity contribution is 5.81. The van der Waals surface area contributed by atoms with E-state index in [-0.39, 0.29) is 12.1 Å². The summed E-state index contributed by atoms with van der Waals surface area (Å²) in [5.41, 5.74) is 4.01. The van der Waals surface area contributed by atoms with Gasteiger partial charge < -0.3 is 5.73 Å². The van der Waals surface area contributed by atoms with E-state index in [1.54, 1.807) is 5.32 Å². The zero-order chi connectivity index (χ0) is 14.8. The molecule has 0 radical (unpaired) electrons. The highest BCUT2D eigenvalue weighted by Gasteiger charge is 2.31. The molecule has 1 unspecified atom stereocenters. The fraction of sp³-hybridized carbons (Fsp3) is 0.300. The number of halogens is 6. The minimum Gasteiger partial charge on any atom is -0.368 e. The molecular formula is C10H8F6N2O. The lowest BCUT2D eigenvalue weighted by atomic mass is 10.1. The Kier molecular flexibility index (Phi) is 4.40. The van der Waals surface area contributed by atoms with Crippen LogP contribution in [0.25, 0.3) is 0 Å². The van der Waals surface area contributed by atoms with Crippen LogP contribution >= 0.6 is 0 Å². The molecule has 1 aromatic carbocycles. The SMILES string of the molecule is NC(=O)C(NCC(F)(F)F)c1cc(F)c(F)cc1F. The fourth-order valence-corrected chi connectivity index (χ4v) is 1.34. The van der Waals surface area contributed by atoms with Crippen molar-refractivity contribution in [1.82, 2.24) is 5.32 Å². The maximum absolute atomic E-state index is 13.3. The molecule has 1 amide bonds.